The van der Waals surface area contributed by atoms with Crippen LogP contribution in [0.25, 0.3) is 0 Å². The van der Waals surface area contributed by atoms with Crippen LogP contribution in [0.1, 0.15) is 81.1 Å². The van der Waals surface area contributed by atoms with Gasteiger partial charge in [0.15, 0.2) is 0 Å². The minimum absolute atomic E-state index is 0.0676. The number of carbonyl (C=O) groups is 5. The van der Waals surface area contributed by atoms with Gasteiger partial charge in [0.05, 0.1) is 12.1 Å². The number of nitrogens with zero attached hydrogens (tertiary/aromatic N) is 2. The van der Waals surface area contributed by atoms with Crippen molar-refractivity contribution in [1.82, 2.24) is 20.4 Å². The molecule has 0 unspecified atom stereocenters. The highest BCUT2D eigenvalue weighted by atomic mass is 16.2. The summed E-state index contributed by atoms with van der Waals surface area (Å²) in [5.41, 5.74) is -1.42. The standard InChI is InChI=1S/C25H42N4O5/c1-23(2,3)17(14-29-18(31)12-25(7,8)13-19(29)32)26-22(34)27-20(24(4,5)6)21(33)28-11-9-10-16(28)15-30/h15-17,20H,9-14H2,1-8H3,(H2,26,27,34)/t16-,17+,20+/m0/s1. The molecular weight excluding hydrogens is 436 g/mol. The molecule has 9 heteroatoms. The number of carbonyl (C=O) groups excluding carboxylic acids is 5. The van der Waals surface area contributed by atoms with Crippen LogP contribution in [-0.4, -0.2) is 71.1 Å². The zero-order valence-electron chi connectivity index (χ0n) is 22.0. The van der Waals surface area contributed by atoms with Gasteiger partial charge in [0.1, 0.15) is 12.3 Å². The Balaban J connectivity index is 2.16. The van der Waals surface area contributed by atoms with E-state index in [2.05, 4.69) is 10.6 Å². The molecule has 0 aromatic rings. The van der Waals surface area contributed by atoms with E-state index in [9.17, 15) is 24.0 Å². The van der Waals surface area contributed by atoms with E-state index in [1.807, 2.05) is 55.4 Å². The predicted octanol–water partition coefficient (Wildman–Crippen LogP) is 2.48. The summed E-state index contributed by atoms with van der Waals surface area (Å²) < 4.78 is 0. The molecule has 34 heavy (non-hydrogen) atoms. The fourth-order valence-electron chi connectivity index (χ4n) is 4.49. The molecule has 2 fully saturated rings. The van der Waals surface area contributed by atoms with Crippen molar-refractivity contribution in [2.45, 2.75) is 99.2 Å². The molecule has 0 spiro atoms. The topological polar surface area (TPSA) is 116 Å². The third-order valence-corrected chi connectivity index (χ3v) is 6.71. The summed E-state index contributed by atoms with van der Waals surface area (Å²) in [6.45, 7) is 15.7. The summed E-state index contributed by atoms with van der Waals surface area (Å²) in [4.78, 5) is 65.9. The van der Waals surface area contributed by atoms with Crippen LogP contribution in [-0.2, 0) is 19.2 Å². The molecule has 2 N–H and O–H groups in total. The van der Waals surface area contributed by atoms with Crippen molar-refractivity contribution in [2.75, 3.05) is 13.1 Å². The highest BCUT2D eigenvalue weighted by Crippen LogP contribution is 2.32. The summed E-state index contributed by atoms with van der Waals surface area (Å²) in [5.74, 6) is -0.767. The summed E-state index contributed by atoms with van der Waals surface area (Å²) in [7, 11) is 0. The van der Waals surface area contributed by atoms with Gasteiger partial charge in [-0.05, 0) is 29.1 Å². The first-order valence-electron chi connectivity index (χ1n) is 12.1. The number of piperidine rings is 1. The Morgan fingerprint density at radius 1 is 1.03 bits per heavy atom. The first kappa shape index (κ1) is 27.8. The molecular formula is C25H42N4O5. The minimum Gasteiger partial charge on any atom is -0.333 e. The van der Waals surface area contributed by atoms with Crippen LogP contribution in [0.2, 0.25) is 0 Å². The summed E-state index contributed by atoms with van der Waals surface area (Å²) in [6, 6.07) is -2.38. The smallest absolute Gasteiger partial charge is 0.315 e. The molecule has 0 radical (unpaired) electrons. The second-order valence-corrected chi connectivity index (χ2v) is 12.6. The quantitative estimate of drug-likeness (QED) is 0.449. The molecule has 0 aromatic heterocycles. The fourth-order valence-corrected chi connectivity index (χ4v) is 4.49. The zero-order valence-corrected chi connectivity index (χ0v) is 22.0. The molecule has 0 aromatic carbocycles. The SMILES string of the molecule is CC1(C)CC(=O)N(C[C@@H](NC(=O)N[C@H](C(=O)N2CCC[C@H]2C=O)C(C)(C)C)C(C)(C)C)C(=O)C1. The molecule has 2 aliphatic heterocycles. The number of hydrogen-bond donors (Lipinski definition) is 2. The number of aldehydes is 1. The van der Waals surface area contributed by atoms with Crippen molar-refractivity contribution in [3.05, 3.63) is 0 Å². The lowest BCUT2D eigenvalue weighted by Gasteiger charge is -2.40. The zero-order chi connectivity index (χ0) is 26.1. The van der Waals surface area contributed by atoms with Gasteiger partial charge in [-0.2, -0.15) is 0 Å². The predicted molar refractivity (Wildman–Crippen MR) is 129 cm³/mol. The van der Waals surface area contributed by atoms with Crippen LogP contribution in [0.4, 0.5) is 4.79 Å². The van der Waals surface area contributed by atoms with Crippen LogP contribution >= 0.6 is 0 Å². The van der Waals surface area contributed by atoms with Gasteiger partial charge in [0.25, 0.3) is 0 Å². The van der Waals surface area contributed by atoms with Crippen molar-refractivity contribution >= 4 is 30.0 Å². The van der Waals surface area contributed by atoms with Gasteiger partial charge in [-0.15, -0.1) is 0 Å². The largest absolute Gasteiger partial charge is 0.333 e. The molecule has 192 valence electrons. The lowest BCUT2D eigenvalue weighted by molar-refractivity contribution is -0.153. The number of likely N-dealkylation sites (tertiary alicyclic amines) is 2. The maximum Gasteiger partial charge on any atom is 0.315 e. The maximum atomic E-state index is 13.3. The lowest BCUT2D eigenvalue weighted by Crippen LogP contribution is -2.61. The second kappa shape index (κ2) is 10.0. The van der Waals surface area contributed by atoms with Crippen LogP contribution in [0, 0.1) is 16.2 Å². The Morgan fingerprint density at radius 2 is 1.59 bits per heavy atom. The van der Waals surface area contributed by atoms with Crippen LogP contribution in [0.15, 0.2) is 0 Å². The van der Waals surface area contributed by atoms with Gasteiger partial charge in [-0.1, -0.05) is 55.4 Å². The average molecular weight is 479 g/mol. The number of nitrogens with one attached hydrogen (secondary N) is 2. The number of hydrogen-bond acceptors (Lipinski definition) is 5. The first-order chi connectivity index (χ1) is 15.5. The molecule has 2 rings (SSSR count). The van der Waals surface area contributed by atoms with E-state index >= 15 is 0 Å². The Bertz CT molecular complexity index is 804. The van der Waals surface area contributed by atoms with E-state index in [1.165, 1.54) is 9.80 Å². The molecule has 9 nitrogen and oxygen atoms in total. The average Bonchev–Trinajstić information content (AvgIpc) is 3.13. The van der Waals surface area contributed by atoms with Crippen LogP contribution < -0.4 is 10.6 Å². The van der Waals surface area contributed by atoms with E-state index in [1.54, 1.807) is 0 Å². The van der Waals surface area contributed by atoms with E-state index in [0.717, 1.165) is 12.7 Å². The third-order valence-electron chi connectivity index (χ3n) is 6.71. The van der Waals surface area contributed by atoms with E-state index in [0.29, 0.717) is 13.0 Å². The molecule has 0 aliphatic carbocycles. The Kier molecular flexibility index (Phi) is 8.21. The summed E-state index contributed by atoms with van der Waals surface area (Å²) in [6.07, 6.45) is 2.71. The molecule has 3 atom stereocenters. The van der Waals surface area contributed by atoms with Crippen molar-refractivity contribution in [2.24, 2.45) is 16.2 Å². The number of amides is 5. The Morgan fingerprint density at radius 3 is 2.06 bits per heavy atom. The molecule has 0 saturated carbocycles. The van der Waals surface area contributed by atoms with Gasteiger partial charge in [0.2, 0.25) is 17.7 Å². The Hall–Kier alpha value is -2.45. The molecule has 2 heterocycles. The Labute approximate surface area is 203 Å². The normalized spacial score (nSPS) is 22.9. The molecule has 2 saturated heterocycles. The van der Waals surface area contributed by atoms with Crippen molar-refractivity contribution in [3.8, 4) is 0 Å². The van der Waals surface area contributed by atoms with Crippen LogP contribution in [0.5, 0.6) is 0 Å². The minimum atomic E-state index is -0.840. The van der Waals surface area contributed by atoms with E-state index < -0.39 is 35.0 Å². The first-order valence-corrected chi connectivity index (χ1v) is 12.1. The molecule has 0 bridgehead atoms. The maximum absolute atomic E-state index is 13.3. The number of rotatable bonds is 6. The van der Waals surface area contributed by atoms with Crippen LogP contribution in [0.3, 0.4) is 0 Å². The highest BCUT2D eigenvalue weighted by molar-refractivity contribution is 5.98. The van der Waals surface area contributed by atoms with Gasteiger partial charge < -0.3 is 20.3 Å². The second-order valence-electron chi connectivity index (χ2n) is 12.6. The molecule has 5 amide bonds. The van der Waals surface area contributed by atoms with Gasteiger partial charge in [-0.25, -0.2) is 4.79 Å². The monoisotopic (exact) mass is 478 g/mol. The van der Waals surface area contributed by atoms with Gasteiger partial charge in [0, 0.05) is 25.9 Å². The van der Waals surface area contributed by atoms with Gasteiger partial charge in [-0.3, -0.25) is 19.3 Å². The fraction of sp³-hybridized carbons (Fsp3) is 0.800. The lowest BCUT2D eigenvalue weighted by atomic mass is 9.80. The van der Waals surface area contributed by atoms with E-state index in [-0.39, 0.29) is 42.5 Å². The number of imide groups is 1. The van der Waals surface area contributed by atoms with Crippen molar-refractivity contribution in [3.63, 3.8) is 0 Å². The molecule has 2 aliphatic rings. The number of urea groups is 1. The summed E-state index contributed by atoms with van der Waals surface area (Å²) >= 11 is 0. The van der Waals surface area contributed by atoms with E-state index in [4.69, 9.17) is 0 Å². The highest BCUT2D eigenvalue weighted by Gasteiger charge is 2.42. The van der Waals surface area contributed by atoms with Gasteiger partial charge >= 0.3 is 6.03 Å². The van der Waals surface area contributed by atoms with Crippen molar-refractivity contribution in [1.29, 1.82) is 0 Å². The summed E-state index contributed by atoms with van der Waals surface area (Å²) in [5, 5.41) is 5.71. The third kappa shape index (κ3) is 6.79. The van der Waals surface area contributed by atoms with Crippen molar-refractivity contribution < 1.29 is 24.0 Å².